The van der Waals surface area contributed by atoms with Gasteiger partial charge in [0.05, 0.1) is 12.1 Å². The fourth-order valence-corrected chi connectivity index (χ4v) is 2.58. The third-order valence-electron chi connectivity index (χ3n) is 3.62. The Hall–Kier alpha value is -3.15. The number of nitrogen functional groups attached to an aromatic ring is 1. The standard InChI is InChI=1S/C16H13N5O/c17-15-18-13-9-5-4-8-12(13)14-19-20(16(22)21(14)15)10-11-6-2-1-3-7-11/h1-9H,10H2,(H2,17,18). The van der Waals surface area contributed by atoms with Crippen molar-refractivity contribution in [2.45, 2.75) is 6.54 Å². The van der Waals surface area contributed by atoms with Crippen LogP contribution in [0.1, 0.15) is 5.56 Å². The summed E-state index contributed by atoms with van der Waals surface area (Å²) in [5, 5.41) is 5.25. The maximum atomic E-state index is 12.5. The molecule has 2 aromatic heterocycles. The molecule has 0 unspecified atom stereocenters. The zero-order chi connectivity index (χ0) is 15.1. The van der Waals surface area contributed by atoms with E-state index in [0.29, 0.717) is 12.2 Å². The molecule has 0 atom stereocenters. The summed E-state index contributed by atoms with van der Waals surface area (Å²) in [6, 6.07) is 17.2. The quantitative estimate of drug-likeness (QED) is 0.609. The summed E-state index contributed by atoms with van der Waals surface area (Å²) < 4.78 is 2.76. The maximum absolute atomic E-state index is 12.5. The topological polar surface area (TPSA) is 78.2 Å². The Balaban J connectivity index is 1.98. The van der Waals surface area contributed by atoms with Gasteiger partial charge in [-0.15, -0.1) is 5.10 Å². The van der Waals surface area contributed by atoms with Crippen LogP contribution in [0, 0.1) is 0 Å². The molecule has 0 saturated heterocycles. The van der Waals surface area contributed by atoms with Crippen LogP contribution in [0.25, 0.3) is 16.6 Å². The first-order valence-electron chi connectivity index (χ1n) is 6.92. The van der Waals surface area contributed by atoms with Crippen molar-refractivity contribution >= 4 is 22.5 Å². The van der Waals surface area contributed by atoms with Gasteiger partial charge in [0.2, 0.25) is 5.95 Å². The lowest BCUT2D eigenvalue weighted by atomic mass is 10.2. The summed E-state index contributed by atoms with van der Waals surface area (Å²) in [6.07, 6.45) is 0. The van der Waals surface area contributed by atoms with E-state index in [1.165, 1.54) is 9.08 Å². The predicted octanol–water partition coefficient (Wildman–Crippen LogP) is 1.67. The molecule has 2 N–H and O–H groups in total. The Bertz CT molecular complexity index is 1030. The van der Waals surface area contributed by atoms with Gasteiger partial charge in [0.1, 0.15) is 0 Å². The average molecular weight is 291 g/mol. The second-order valence-corrected chi connectivity index (χ2v) is 5.07. The second-order valence-electron chi connectivity index (χ2n) is 5.07. The number of para-hydroxylation sites is 1. The highest BCUT2D eigenvalue weighted by Crippen LogP contribution is 2.17. The van der Waals surface area contributed by atoms with Gasteiger partial charge in [-0.1, -0.05) is 42.5 Å². The Morgan fingerprint density at radius 3 is 2.55 bits per heavy atom. The third kappa shape index (κ3) is 1.85. The molecule has 4 aromatic rings. The minimum Gasteiger partial charge on any atom is -0.369 e. The summed E-state index contributed by atoms with van der Waals surface area (Å²) in [6.45, 7) is 0.398. The van der Waals surface area contributed by atoms with E-state index in [1.807, 2.05) is 54.6 Å². The number of hydrogen-bond acceptors (Lipinski definition) is 4. The van der Waals surface area contributed by atoms with Crippen LogP contribution in [0.5, 0.6) is 0 Å². The van der Waals surface area contributed by atoms with Gasteiger partial charge >= 0.3 is 5.69 Å². The molecule has 0 bridgehead atoms. The Morgan fingerprint density at radius 2 is 1.73 bits per heavy atom. The smallest absolute Gasteiger partial charge is 0.353 e. The monoisotopic (exact) mass is 291 g/mol. The van der Waals surface area contributed by atoms with Gasteiger partial charge in [-0.05, 0) is 17.7 Å². The van der Waals surface area contributed by atoms with Crippen molar-refractivity contribution in [2.75, 3.05) is 5.73 Å². The molecule has 108 valence electrons. The Labute approximate surface area is 125 Å². The number of rotatable bonds is 2. The molecule has 0 aliphatic carbocycles. The summed E-state index contributed by atoms with van der Waals surface area (Å²) in [5.41, 5.74) is 7.91. The van der Waals surface area contributed by atoms with Crippen LogP contribution in [-0.2, 0) is 6.54 Å². The molecule has 0 spiro atoms. The molecule has 2 heterocycles. The minimum absolute atomic E-state index is 0.151. The van der Waals surface area contributed by atoms with Gasteiger partial charge in [-0.25, -0.2) is 18.9 Å². The molecule has 0 saturated carbocycles. The van der Waals surface area contributed by atoms with Crippen LogP contribution in [0.15, 0.2) is 59.4 Å². The van der Waals surface area contributed by atoms with Crippen molar-refractivity contribution < 1.29 is 0 Å². The van der Waals surface area contributed by atoms with Crippen molar-refractivity contribution in [2.24, 2.45) is 0 Å². The van der Waals surface area contributed by atoms with Crippen LogP contribution in [0.3, 0.4) is 0 Å². The normalized spacial score (nSPS) is 11.3. The molecule has 6 nitrogen and oxygen atoms in total. The van der Waals surface area contributed by atoms with E-state index >= 15 is 0 Å². The minimum atomic E-state index is -0.283. The number of aromatic nitrogens is 4. The number of fused-ring (bicyclic) bond motifs is 3. The highest BCUT2D eigenvalue weighted by atomic mass is 16.2. The zero-order valence-corrected chi connectivity index (χ0v) is 11.7. The molecular weight excluding hydrogens is 278 g/mol. The van der Waals surface area contributed by atoms with Crippen LogP contribution in [-0.4, -0.2) is 19.2 Å². The molecule has 0 aliphatic heterocycles. The first-order valence-corrected chi connectivity index (χ1v) is 6.92. The van der Waals surface area contributed by atoms with Crippen molar-refractivity contribution in [1.29, 1.82) is 0 Å². The molecule has 0 fully saturated rings. The van der Waals surface area contributed by atoms with Crippen LogP contribution >= 0.6 is 0 Å². The van der Waals surface area contributed by atoms with Crippen molar-refractivity contribution in [3.8, 4) is 0 Å². The van der Waals surface area contributed by atoms with Crippen molar-refractivity contribution in [3.05, 3.63) is 70.6 Å². The van der Waals surface area contributed by atoms with Crippen LogP contribution in [0.4, 0.5) is 5.95 Å². The van der Waals surface area contributed by atoms with Gasteiger partial charge < -0.3 is 5.73 Å². The highest BCUT2D eigenvalue weighted by Gasteiger charge is 2.14. The van der Waals surface area contributed by atoms with Gasteiger partial charge in [0.25, 0.3) is 0 Å². The average Bonchev–Trinajstić information content (AvgIpc) is 2.86. The fourth-order valence-electron chi connectivity index (χ4n) is 2.58. The number of nitrogens with two attached hydrogens (primary N) is 1. The van der Waals surface area contributed by atoms with E-state index in [9.17, 15) is 4.79 Å². The number of hydrogen-bond donors (Lipinski definition) is 1. The highest BCUT2D eigenvalue weighted by molar-refractivity contribution is 5.91. The molecule has 6 heteroatoms. The van der Waals surface area contributed by atoms with E-state index in [2.05, 4.69) is 10.1 Å². The van der Waals surface area contributed by atoms with Crippen LogP contribution in [0.2, 0.25) is 0 Å². The number of nitrogens with zero attached hydrogens (tertiary/aromatic N) is 4. The van der Waals surface area contributed by atoms with Crippen molar-refractivity contribution in [1.82, 2.24) is 19.2 Å². The lowest BCUT2D eigenvalue weighted by Gasteiger charge is -2.00. The molecule has 22 heavy (non-hydrogen) atoms. The maximum Gasteiger partial charge on any atom is 0.353 e. The first kappa shape index (κ1) is 12.6. The van der Waals surface area contributed by atoms with Gasteiger partial charge in [-0.2, -0.15) is 0 Å². The van der Waals surface area contributed by atoms with E-state index in [-0.39, 0.29) is 11.6 Å². The Kier molecular flexibility index (Phi) is 2.69. The predicted molar refractivity (Wildman–Crippen MR) is 84.7 cm³/mol. The van der Waals surface area contributed by atoms with Crippen molar-refractivity contribution in [3.63, 3.8) is 0 Å². The van der Waals surface area contributed by atoms with Gasteiger partial charge in [0, 0.05) is 5.39 Å². The molecule has 2 aromatic carbocycles. The molecule has 0 radical (unpaired) electrons. The fraction of sp³-hybridized carbons (Fsp3) is 0.0625. The second kappa shape index (κ2) is 4.70. The largest absolute Gasteiger partial charge is 0.369 e. The zero-order valence-electron chi connectivity index (χ0n) is 11.7. The summed E-state index contributed by atoms with van der Waals surface area (Å²) >= 11 is 0. The molecular formula is C16H13N5O. The third-order valence-corrected chi connectivity index (χ3v) is 3.62. The van der Waals surface area contributed by atoms with Gasteiger partial charge in [0.15, 0.2) is 5.65 Å². The van der Waals surface area contributed by atoms with E-state index in [0.717, 1.165) is 16.5 Å². The number of benzene rings is 2. The molecule has 0 aliphatic rings. The van der Waals surface area contributed by atoms with Gasteiger partial charge in [-0.3, -0.25) is 0 Å². The summed E-state index contributed by atoms with van der Waals surface area (Å²) in [7, 11) is 0. The summed E-state index contributed by atoms with van der Waals surface area (Å²) in [4.78, 5) is 16.8. The SMILES string of the molecule is Nc1nc2ccccc2c2nn(Cc3ccccc3)c(=O)n12. The lowest BCUT2D eigenvalue weighted by molar-refractivity contribution is 0.659. The molecule has 4 rings (SSSR count). The number of anilines is 1. The lowest BCUT2D eigenvalue weighted by Crippen LogP contribution is -2.23. The van der Waals surface area contributed by atoms with E-state index in [1.54, 1.807) is 0 Å². The van der Waals surface area contributed by atoms with E-state index in [4.69, 9.17) is 5.73 Å². The first-order chi connectivity index (χ1) is 10.7. The molecule has 0 amide bonds. The van der Waals surface area contributed by atoms with E-state index < -0.39 is 0 Å². The van der Waals surface area contributed by atoms with Crippen LogP contribution < -0.4 is 11.4 Å². The summed E-state index contributed by atoms with van der Waals surface area (Å²) in [5.74, 6) is 0.151. The Morgan fingerprint density at radius 1 is 1.00 bits per heavy atom.